The number of imidazole rings is 1. The lowest BCUT2D eigenvalue weighted by Crippen LogP contribution is -2.40. The zero-order valence-electron chi connectivity index (χ0n) is 16.3. The molecule has 7 heteroatoms. The average Bonchev–Trinajstić information content (AvgIpc) is 3.46. The van der Waals surface area contributed by atoms with Gasteiger partial charge in [0.15, 0.2) is 0 Å². The molecule has 2 aromatic rings. The second-order valence-corrected chi connectivity index (χ2v) is 7.78. The molecule has 1 atom stereocenters. The first-order valence-corrected chi connectivity index (χ1v) is 10.2. The van der Waals surface area contributed by atoms with Crippen LogP contribution in [-0.4, -0.2) is 50.9 Å². The number of carbonyl (C=O) groups is 2. The number of piperidine rings is 1. The number of hydrogen-bond acceptors (Lipinski definition) is 4. The molecule has 1 N–H and O–H groups in total. The van der Waals surface area contributed by atoms with Gasteiger partial charge in [0.2, 0.25) is 0 Å². The Morgan fingerprint density at radius 1 is 1.21 bits per heavy atom. The molecule has 4 rings (SSSR count). The molecule has 2 fully saturated rings. The van der Waals surface area contributed by atoms with Crippen molar-refractivity contribution in [2.45, 2.75) is 45.1 Å². The number of nitrogens with one attached hydrogen (secondary N) is 1. The predicted octanol–water partition coefficient (Wildman–Crippen LogP) is 2.46. The Hall–Kier alpha value is -2.70. The highest BCUT2D eigenvalue weighted by Crippen LogP contribution is 2.28. The molecule has 2 amide bonds. The topological polar surface area (TPSA) is 80.1 Å². The molecule has 0 spiro atoms. The first-order chi connectivity index (χ1) is 13.7. The van der Waals surface area contributed by atoms with E-state index in [1.54, 1.807) is 18.7 Å². The van der Waals surface area contributed by atoms with E-state index < -0.39 is 0 Å². The van der Waals surface area contributed by atoms with Crippen molar-refractivity contribution in [3.8, 4) is 0 Å². The van der Waals surface area contributed by atoms with Crippen LogP contribution in [0.15, 0.2) is 30.9 Å². The van der Waals surface area contributed by atoms with Crippen LogP contribution in [0.5, 0.6) is 0 Å². The fourth-order valence-corrected chi connectivity index (χ4v) is 3.76. The third kappa shape index (κ3) is 4.08. The molecule has 28 heavy (non-hydrogen) atoms. The van der Waals surface area contributed by atoms with E-state index in [9.17, 15) is 9.59 Å². The summed E-state index contributed by atoms with van der Waals surface area (Å²) in [5.74, 6) is 0.824. The Kier molecular flexibility index (Phi) is 5.41. The number of aromatic nitrogens is 3. The maximum Gasteiger partial charge on any atom is 0.272 e. The number of amides is 2. The normalized spacial score (nSPS) is 19.5. The molecule has 1 saturated heterocycles. The van der Waals surface area contributed by atoms with Crippen molar-refractivity contribution in [1.82, 2.24) is 24.8 Å². The van der Waals surface area contributed by atoms with Gasteiger partial charge in [-0.3, -0.25) is 14.6 Å². The van der Waals surface area contributed by atoms with E-state index in [1.165, 1.54) is 12.8 Å². The van der Waals surface area contributed by atoms with Crippen molar-refractivity contribution < 1.29 is 9.59 Å². The van der Waals surface area contributed by atoms with Crippen LogP contribution in [-0.2, 0) is 6.54 Å². The molecule has 0 unspecified atom stereocenters. The number of nitrogens with zero attached hydrogens (tertiary/aromatic N) is 4. The van der Waals surface area contributed by atoms with Gasteiger partial charge in [-0.25, -0.2) is 4.98 Å². The molecule has 7 nitrogen and oxygen atoms in total. The van der Waals surface area contributed by atoms with Crippen molar-refractivity contribution >= 4 is 11.8 Å². The van der Waals surface area contributed by atoms with Crippen LogP contribution in [0.25, 0.3) is 0 Å². The van der Waals surface area contributed by atoms with Crippen molar-refractivity contribution in [2.75, 3.05) is 19.6 Å². The Balaban J connectivity index is 1.39. The molecule has 1 aliphatic heterocycles. The summed E-state index contributed by atoms with van der Waals surface area (Å²) in [7, 11) is 0. The van der Waals surface area contributed by atoms with Gasteiger partial charge in [0.1, 0.15) is 5.69 Å². The summed E-state index contributed by atoms with van der Waals surface area (Å²) in [5, 5.41) is 2.97. The minimum Gasteiger partial charge on any atom is -0.352 e. The van der Waals surface area contributed by atoms with E-state index in [0.29, 0.717) is 23.7 Å². The minimum absolute atomic E-state index is 0.0279. The van der Waals surface area contributed by atoms with Gasteiger partial charge in [0.05, 0.1) is 18.1 Å². The molecule has 3 heterocycles. The first kappa shape index (κ1) is 18.7. The molecule has 148 valence electrons. The maximum absolute atomic E-state index is 12.9. The van der Waals surface area contributed by atoms with Gasteiger partial charge in [0.25, 0.3) is 11.8 Å². The molecule has 1 saturated carbocycles. The van der Waals surface area contributed by atoms with Crippen LogP contribution in [0.4, 0.5) is 0 Å². The van der Waals surface area contributed by atoms with Crippen molar-refractivity contribution in [2.24, 2.45) is 5.92 Å². The molecular weight excluding hydrogens is 354 g/mol. The Morgan fingerprint density at radius 3 is 2.79 bits per heavy atom. The van der Waals surface area contributed by atoms with Crippen LogP contribution in [0, 0.1) is 5.92 Å². The molecule has 0 radical (unpaired) electrons. The number of hydrogen-bond donors (Lipinski definition) is 1. The average molecular weight is 381 g/mol. The highest BCUT2D eigenvalue weighted by Gasteiger charge is 2.28. The Bertz CT molecular complexity index is 841. The van der Waals surface area contributed by atoms with Gasteiger partial charge >= 0.3 is 0 Å². The summed E-state index contributed by atoms with van der Waals surface area (Å²) in [6.45, 7) is 4.89. The molecule has 2 aromatic heterocycles. The SMILES string of the molecule is CCn1cncc1C(=O)N1CCC[C@H](c2ccc(C(=O)NCC3CC3)cn2)C1. The monoisotopic (exact) mass is 381 g/mol. The van der Waals surface area contributed by atoms with Crippen LogP contribution in [0.2, 0.25) is 0 Å². The van der Waals surface area contributed by atoms with Crippen molar-refractivity contribution in [3.63, 3.8) is 0 Å². The van der Waals surface area contributed by atoms with E-state index in [0.717, 1.165) is 38.2 Å². The second-order valence-electron chi connectivity index (χ2n) is 7.78. The Morgan fingerprint density at radius 2 is 2.07 bits per heavy atom. The highest BCUT2D eigenvalue weighted by atomic mass is 16.2. The van der Waals surface area contributed by atoms with Gasteiger partial charge in [-0.15, -0.1) is 0 Å². The standard InChI is InChI=1S/C21H27N5O2/c1-2-25-14-22-12-19(25)21(28)26-9-3-4-17(13-26)18-8-7-16(11-23-18)20(27)24-10-15-5-6-15/h7-8,11-12,14-15,17H,2-6,9-10,13H2,1H3,(H,24,27)/t17-/m0/s1. The van der Waals surface area contributed by atoms with Crippen molar-refractivity contribution in [3.05, 3.63) is 47.8 Å². The quantitative estimate of drug-likeness (QED) is 0.834. The van der Waals surface area contributed by atoms with Crippen molar-refractivity contribution in [1.29, 1.82) is 0 Å². The van der Waals surface area contributed by atoms with Crippen LogP contribution in [0.1, 0.15) is 65.1 Å². The molecule has 0 aromatic carbocycles. The largest absolute Gasteiger partial charge is 0.352 e. The van der Waals surface area contributed by atoms with Gasteiger partial charge in [0, 0.05) is 44.0 Å². The zero-order chi connectivity index (χ0) is 19.5. The van der Waals surface area contributed by atoms with Crippen LogP contribution < -0.4 is 5.32 Å². The van der Waals surface area contributed by atoms with E-state index in [2.05, 4.69) is 15.3 Å². The Labute approximate surface area is 165 Å². The van der Waals surface area contributed by atoms with E-state index in [1.807, 2.05) is 28.5 Å². The van der Waals surface area contributed by atoms with E-state index >= 15 is 0 Å². The number of pyridine rings is 1. The molecule has 2 aliphatic rings. The lowest BCUT2D eigenvalue weighted by molar-refractivity contribution is 0.0695. The number of rotatable bonds is 6. The number of carbonyl (C=O) groups excluding carboxylic acids is 2. The van der Waals surface area contributed by atoms with Crippen LogP contribution in [0.3, 0.4) is 0 Å². The fraction of sp³-hybridized carbons (Fsp3) is 0.524. The zero-order valence-corrected chi connectivity index (χ0v) is 16.3. The third-order valence-corrected chi connectivity index (χ3v) is 5.70. The van der Waals surface area contributed by atoms with Gasteiger partial charge < -0.3 is 14.8 Å². The molecule has 1 aliphatic carbocycles. The predicted molar refractivity (Wildman–Crippen MR) is 105 cm³/mol. The van der Waals surface area contributed by atoms with Crippen LogP contribution >= 0.6 is 0 Å². The number of aryl methyl sites for hydroxylation is 1. The minimum atomic E-state index is -0.0563. The highest BCUT2D eigenvalue weighted by molar-refractivity contribution is 5.94. The summed E-state index contributed by atoms with van der Waals surface area (Å²) in [4.78, 5) is 35.6. The summed E-state index contributed by atoms with van der Waals surface area (Å²) in [5.41, 5.74) is 2.18. The third-order valence-electron chi connectivity index (χ3n) is 5.70. The smallest absolute Gasteiger partial charge is 0.272 e. The summed E-state index contributed by atoms with van der Waals surface area (Å²) in [6.07, 6.45) is 9.37. The second kappa shape index (κ2) is 8.12. The van der Waals surface area contributed by atoms with E-state index in [-0.39, 0.29) is 17.7 Å². The summed E-state index contributed by atoms with van der Waals surface area (Å²) in [6, 6.07) is 3.78. The van der Waals surface area contributed by atoms with E-state index in [4.69, 9.17) is 0 Å². The summed E-state index contributed by atoms with van der Waals surface area (Å²) < 4.78 is 1.87. The molecule has 0 bridgehead atoms. The molecular formula is C21H27N5O2. The lowest BCUT2D eigenvalue weighted by Gasteiger charge is -2.32. The fourth-order valence-electron chi connectivity index (χ4n) is 3.76. The van der Waals surface area contributed by atoms with Gasteiger partial charge in [-0.2, -0.15) is 0 Å². The van der Waals surface area contributed by atoms with Gasteiger partial charge in [-0.05, 0) is 50.7 Å². The lowest BCUT2D eigenvalue weighted by atomic mass is 9.93. The maximum atomic E-state index is 12.9. The first-order valence-electron chi connectivity index (χ1n) is 10.2. The summed E-state index contributed by atoms with van der Waals surface area (Å²) >= 11 is 0. The van der Waals surface area contributed by atoms with Gasteiger partial charge in [-0.1, -0.05) is 0 Å². The number of likely N-dealkylation sites (tertiary alicyclic amines) is 1.